The van der Waals surface area contributed by atoms with Crippen molar-refractivity contribution >= 4 is 11.6 Å². The van der Waals surface area contributed by atoms with Gasteiger partial charge in [-0.15, -0.1) is 0 Å². The standard InChI is InChI=1S/C18H19F2N5/c1-4-25-10-14(9-21-25)22-18-23-15(8-16(24-18)17(19)20)13-6-5-11(2)12(3)7-13/h5-10,17H,4H2,1-3H3,(H,22,23,24). The molecular formula is C18H19F2N5. The van der Waals surface area contributed by atoms with E-state index in [9.17, 15) is 8.78 Å². The maximum atomic E-state index is 13.2. The zero-order valence-corrected chi connectivity index (χ0v) is 14.3. The van der Waals surface area contributed by atoms with Gasteiger partial charge in [-0.1, -0.05) is 12.1 Å². The highest BCUT2D eigenvalue weighted by molar-refractivity contribution is 5.64. The van der Waals surface area contributed by atoms with E-state index in [1.165, 1.54) is 6.07 Å². The molecule has 0 unspecified atom stereocenters. The maximum Gasteiger partial charge on any atom is 0.280 e. The lowest BCUT2D eigenvalue weighted by Crippen LogP contribution is -2.02. The number of hydrogen-bond acceptors (Lipinski definition) is 4. The van der Waals surface area contributed by atoms with E-state index in [0.717, 1.165) is 16.7 Å². The average Bonchev–Trinajstić information content (AvgIpc) is 3.04. The molecule has 0 aliphatic carbocycles. The Bertz CT molecular complexity index is 889. The van der Waals surface area contributed by atoms with Crippen molar-refractivity contribution < 1.29 is 8.78 Å². The lowest BCUT2D eigenvalue weighted by atomic mass is 10.0. The number of rotatable bonds is 5. The summed E-state index contributed by atoms with van der Waals surface area (Å²) in [6.07, 6.45) is 0.707. The molecule has 0 saturated heterocycles. The first-order valence-corrected chi connectivity index (χ1v) is 8.00. The van der Waals surface area contributed by atoms with Crippen LogP contribution in [0.15, 0.2) is 36.7 Å². The van der Waals surface area contributed by atoms with Gasteiger partial charge in [-0.3, -0.25) is 4.68 Å². The van der Waals surface area contributed by atoms with Gasteiger partial charge in [0.15, 0.2) is 0 Å². The smallest absolute Gasteiger partial charge is 0.280 e. The lowest BCUT2D eigenvalue weighted by Gasteiger charge is -2.10. The van der Waals surface area contributed by atoms with Crippen molar-refractivity contribution in [3.8, 4) is 11.3 Å². The third-order valence-corrected chi connectivity index (χ3v) is 3.99. The Morgan fingerprint density at radius 2 is 1.92 bits per heavy atom. The number of aromatic nitrogens is 4. The summed E-state index contributed by atoms with van der Waals surface area (Å²) in [6, 6.07) is 7.09. The molecule has 0 aliphatic heterocycles. The summed E-state index contributed by atoms with van der Waals surface area (Å²) in [6.45, 7) is 6.66. The van der Waals surface area contributed by atoms with E-state index in [1.807, 2.05) is 39.0 Å². The zero-order valence-electron chi connectivity index (χ0n) is 14.3. The van der Waals surface area contributed by atoms with Crippen LogP contribution in [0.1, 0.15) is 30.2 Å². The highest BCUT2D eigenvalue weighted by Gasteiger charge is 2.15. The van der Waals surface area contributed by atoms with Crippen LogP contribution in [0.5, 0.6) is 0 Å². The number of alkyl halides is 2. The molecule has 25 heavy (non-hydrogen) atoms. The minimum atomic E-state index is -2.67. The summed E-state index contributed by atoms with van der Waals surface area (Å²) >= 11 is 0. The predicted octanol–water partition coefficient (Wildman–Crippen LogP) is 4.66. The SMILES string of the molecule is CCn1cc(Nc2nc(-c3ccc(C)c(C)c3)cc(C(F)F)n2)cn1. The first-order valence-electron chi connectivity index (χ1n) is 8.00. The van der Waals surface area contributed by atoms with Gasteiger partial charge >= 0.3 is 0 Å². The monoisotopic (exact) mass is 343 g/mol. The van der Waals surface area contributed by atoms with E-state index in [4.69, 9.17) is 0 Å². The van der Waals surface area contributed by atoms with Gasteiger partial charge in [0.25, 0.3) is 6.43 Å². The Kier molecular flexibility index (Phi) is 4.74. The molecule has 0 aliphatic rings. The van der Waals surface area contributed by atoms with Crippen LogP contribution in [0.4, 0.5) is 20.4 Å². The van der Waals surface area contributed by atoms with Crippen molar-refractivity contribution in [2.45, 2.75) is 33.7 Å². The fraction of sp³-hybridized carbons (Fsp3) is 0.278. The molecule has 0 spiro atoms. The molecule has 3 rings (SSSR count). The molecule has 0 amide bonds. The van der Waals surface area contributed by atoms with Gasteiger partial charge in [0.2, 0.25) is 5.95 Å². The van der Waals surface area contributed by atoms with E-state index >= 15 is 0 Å². The van der Waals surface area contributed by atoms with Crippen LogP contribution in [0, 0.1) is 13.8 Å². The van der Waals surface area contributed by atoms with E-state index < -0.39 is 6.43 Å². The van der Waals surface area contributed by atoms with Crippen molar-refractivity contribution in [2.75, 3.05) is 5.32 Å². The van der Waals surface area contributed by atoms with E-state index in [0.29, 0.717) is 17.9 Å². The summed E-state index contributed by atoms with van der Waals surface area (Å²) < 4.78 is 28.2. The largest absolute Gasteiger partial charge is 0.321 e. The zero-order chi connectivity index (χ0) is 18.0. The van der Waals surface area contributed by atoms with Gasteiger partial charge in [0.05, 0.1) is 17.6 Å². The van der Waals surface area contributed by atoms with Crippen LogP contribution < -0.4 is 5.32 Å². The molecule has 130 valence electrons. The molecule has 0 saturated carbocycles. The normalized spacial score (nSPS) is 11.1. The second-order valence-electron chi connectivity index (χ2n) is 5.81. The number of nitrogens with one attached hydrogen (secondary N) is 1. The minimum Gasteiger partial charge on any atom is -0.321 e. The Labute approximate surface area is 144 Å². The third kappa shape index (κ3) is 3.81. The van der Waals surface area contributed by atoms with Gasteiger partial charge in [0.1, 0.15) is 5.69 Å². The number of halogens is 2. The van der Waals surface area contributed by atoms with E-state index in [2.05, 4.69) is 20.4 Å². The van der Waals surface area contributed by atoms with Gasteiger partial charge in [-0.2, -0.15) is 5.10 Å². The molecule has 2 heterocycles. The molecule has 1 aromatic carbocycles. The second kappa shape index (κ2) is 6.96. The maximum absolute atomic E-state index is 13.2. The van der Waals surface area contributed by atoms with Gasteiger partial charge in [0, 0.05) is 18.3 Å². The molecule has 7 heteroatoms. The summed E-state index contributed by atoms with van der Waals surface area (Å²) in [5, 5.41) is 7.09. The lowest BCUT2D eigenvalue weighted by molar-refractivity contribution is 0.146. The van der Waals surface area contributed by atoms with Crippen LogP contribution >= 0.6 is 0 Å². The Morgan fingerprint density at radius 3 is 2.56 bits per heavy atom. The molecule has 0 fully saturated rings. The first-order chi connectivity index (χ1) is 12.0. The number of hydrogen-bond donors (Lipinski definition) is 1. The molecule has 5 nitrogen and oxygen atoms in total. The quantitative estimate of drug-likeness (QED) is 0.732. The Hall–Kier alpha value is -2.83. The van der Waals surface area contributed by atoms with Gasteiger partial charge in [-0.05, 0) is 44.0 Å². The molecule has 3 aromatic rings. The van der Waals surface area contributed by atoms with E-state index in [1.54, 1.807) is 17.1 Å². The molecule has 2 aromatic heterocycles. The molecular weight excluding hydrogens is 324 g/mol. The molecule has 0 radical (unpaired) electrons. The number of benzene rings is 1. The van der Waals surface area contributed by atoms with Crippen LogP contribution in [-0.2, 0) is 6.54 Å². The highest BCUT2D eigenvalue weighted by atomic mass is 19.3. The average molecular weight is 343 g/mol. The Balaban J connectivity index is 2.00. The summed E-state index contributed by atoms with van der Waals surface area (Å²) in [7, 11) is 0. The third-order valence-electron chi connectivity index (χ3n) is 3.99. The van der Waals surface area contributed by atoms with E-state index in [-0.39, 0.29) is 11.6 Å². The fourth-order valence-corrected chi connectivity index (χ4v) is 2.41. The van der Waals surface area contributed by atoms with Crippen LogP contribution in [0.2, 0.25) is 0 Å². The molecule has 0 atom stereocenters. The first kappa shape index (κ1) is 17.0. The summed E-state index contributed by atoms with van der Waals surface area (Å²) in [5.74, 6) is 0.127. The van der Waals surface area contributed by atoms with Crippen LogP contribution in [0.25, 0.3) is 11.3 Å². The molecule has 0 bridgehead atoms. The Morgan fingerprint density at radius 1 is 1.12 bits per heavy atom. The number of aryl methyl sites for hydroxylation is 3. The van der Waals surface area contributed by atoms with Gasteiger partial charge in [-0.25, -0.2) is 18.7 Å². The van der Waals surface area contributed by atoms with Crippen molar-refractivity contribution in [3.05, 3.63) is 53.5 Å². The van der Waals surface area contributed by atoms with Crippen LogP contribution in [0.3, 0.4) is 0 Å². The minimum absolute atomic E-state index is 0.127. The van der Waals surface area contributed by atoms with Crippen molar-refractivity contribution in [1.29, 1.82) is 0 Å². The fourth-order valence-electron chi connectivity index (χ4n) is 2.41. The van der Waals surface area contributed by atoms with Crippen molar-refractivity contribution in [3.63, 3.8) is 0 Å². The second-order valence-corrected chi connectivity index (χ2v) is 5.81. The van der Waals surface area contributed by atoms with Crippen LogP contribution in [-0.4, -0.2) is 19.7 Å². The predicted molar refractivity (Wildman–Crippen MR) is 93.1 cm³/mol. The number of nitrogens with zero attached hydrogens (tertiary/aromatic N) is 4. The topological polar surface area (TPSA) is 55.6 Å². The van der Waals surface area contributed by atoms with Crippen molar-refractivity contribution in [2.24, 2.45) is 0 Å². The van der Waals surface area contributed by atoms with Crippen molar-refractivity contribution in [1.82, 2.24) is 19.7 Å². The summed E-state index contributed by atoms with van der Waals surface area (Å²) in [4.78, 5) is 8.31. The van der Waals surface area contributed by atoms with Gasteiger partial charge < -0.3 is 5.32 Å². The highest BCUT2D eigenvalue weighted by Crippen LogP contribution is 2.27. The number of anilines is 2. The summed E-state index contributed by atoms with van der Waals surface area (Å²) in [5.41, 5.74) is 3.79. The molecule has 1 N–H and O–H groups in total.